The van der Waals surface area contributed by atoms with Crippen LogP contribution in [0.25, 0.3) is 0 Å². The Kier molecular flexibility index (Phi) is 2.71. The zero-order valence-electron chi connectivity index (χ0n) is 10.9. The van der Waals surface area contributed by atoms with Crippen LogP contribution in [0.5, 0.6) is 0 Å². The summed E-state index contributed by atoms with van der Waals surface area (Å²) in [5, 5.41) is 3.58. The molecule has 92 valence electrons. The van der Waals surface area contributed by atoms with Crippen LogP contribution < -0.4 is 10.2 Å². The van der Waals surface area contributed by atoms with Gasteiger partial charge in [-0.15, -0.1) is 0 Å². The van der Waals surface area contributed by atoms with E-state index in [1.54, 1.807) is 0 Å². The first-order valence-electron chi connectivity index (χ1n) is 6.60. The van der Waals surface area contributed by atoms with Gasteiger partial charge in [0, 0.05) is 6.54 Å². The predicted molar refractivity (Wildman–Crippen MR) is 78.2 cm³/mol. The van der Waals surface area contributed by atoms with Crippen LogP contribution in [0.3, 0.4) is 0 Å². The van der Waals surface area contributed by atoms with Gasteiger partial charge >= 0.3 is 0 Å². The van der Waals surface area contributed by atoms with Crippen LogP contribution in [0.2, 0.25) is 0 Å². The molecule has 2 aromatic rings. The van der Waals surface area contributed by atoms with Crippen LogP contribution >= 0.6 is 0 Å². The zero-order chi connectivity index (χ0) is 12.5. The number of hydrogen-bond donors (Lipinski definition) is 1. The number of para-hydroxylation sites is 3. The molecular weight excluding hydrogens is 220 g/mol. The lowest BCUT2D eigenvalue weighted by Gasteiger charge is -2.34. The highest BCUT2D eigenvalue weighted by Crippen LogP contribution is 2.44. The highest BCUT2D eigenvalue weighted by molar-refractivity contribution is 5.93. The van der Waals surface area contributed by atoms with Crippen LogP contribution in [0, 0.1) is 0 Å². The van der Waals surface area contributed by atoms with Gasteiger partial charge in [0.25, 0.3) is 0 Å². The van der Waals surface area contributed by atoms with Crippen molar-refractivity contribution in [3.8, 4) is 0 Å². The average Bonchev–Trinajstić information content (AvgIpc) is 2.44. The second-order valence-corrected chi connectivity index (χ2v) is 4.55. The molecule has 2 heteroatoms. The van der Waals surface area contributed by atoms with Crippen molar-refractivity contribution in [3.63, 3.8) is 0 Å². The summed E-state index contributed by atoms with van der Waals surface area (Å²) in [5.41, 5.74) is 6.39. The number of aryl methyl sites for hydroxylation is 1. The van der Waals surface area contributed by atoms with Crippen molar-refractivity contribution in [2.75, 3.05) is 16.8 Å². The summed E-state index contributed by atoms with van der Waals surface area (Å²) in [5.74, 6) is 0. The number of benzene rings is 2. The minimum Gasteiger partial charge on any atom is -0.352 e. The third kappa shape index (κ3) is 1.57. The van der Waals surface area contributed by atoms with Crippen LogP contribution in [-0.2, 0) is 6.42 Å². The molecule has 0 aromatic heterocycles. The lowest BCUT2D eigenvalue weighted by Crippen LogP contribution is -2.22. The van der Waals surface area contributed by atoms with E-state index < -0.39 is 0 Å². The number of fused-ring (bicyclic) bond motifs is 2. The van der Waals surface area contributed by atoms with E-state index in [4.69, 9.17) is 0 Å². The monoisotopic (exact) mass is 238 g/mol. The lowest BCUT2D eigenvalue weighted by molar-refractivity contribution is 1.01. The summed E-state index contributed by atoms with van der Waals surface area (Å²) in [7, 11) is 0. The minimum absolute atomic E-state index is 0.985. The van der Waals surface area contributed by atoms with Gasteiger partial charge in [0.05, 0.1) is 22.7 Å². The van der Waals surface area contributed by atoms with E-state index in [-0.39, 0.29) is 0 Å². The maximum atomic E-state index is 3.58. The van der Waals surface area contributed by atoms with Crippen LogP contribution in [0.1, 0.15) is 19.4 Å². The molecule has 0 unspecified atom stereocenters. The fourth-order valence-corrected chi connectivity index (χ4v) is 2.67. The molecule has 0 bridgehead atoms. The fraction of sp³-hybridized carbons (Fsp3) is 0.250. The summed E-state index contributed by atoms with van der Waals surface area (Å²) in [6, 6.07) is 15.0. The molecule has 2 aromatic carbocycles. The molecule has 2 nitrogen and oxygen atoms in total. The van der Waals surface area contributed by atoms with Crippen LogP contribution in [-0.4, -0.2) is 6.54 Å². The summed E-state index contributed by atoms with van der Waals surface area (Å²) in [6.45, 7) is 5.39. The van der Waals surface area contributed by atoms with Crippen molar-refractivity contribution >= 4 is 22.7 Å². The van der Waals surface area contributed by atoms with E-state index in [0.29, 0.717) is 0 Å². The fourth-order valence-electron chi connectivity index (χ4n) is 2.67. The van der Waals surface area contributed by atoms with E-state index in [0.717, 1.165) is 13.0 Å². The van der Waals surface area contributed by atoms with Crippen LogP contribution in [0.4, 0.5) is 22.7 Å². The number of nitrogens with one attached hydrogen (secondary N) is 1. The molecule has 0 fully saturated rings. The van der Waals surface area contributed by atoms with Crippen molar-refractivity contribution in [3.05, 3.63) is 48.0 Å². The van der Waals surface area contributed by atoms with E-state index >= 15 is 0 Å². The standard InChI is InChI=1S/C16H18N2/c1-3-12-8-7-11-15-16(12)17-13-9-5-6-10-14(13)18(15)4-2/h5-11,17H,3-4H2,1-2H3. The van der Waals surface area contributed by atoms with Gasteiger partial charge in [-0.2, -0.15) is 0 Å². The molecule has 3 rings (SSSR count). The Labute approximate surface area is 108 Å². The second-order valence-electron chi connectivity index (χ2n) is 4.55. The van der Waals surface area contributed by atoms with E-state index in [2.05, 4.69) is 66.5 Å². The molecule has 1 aliphatic heterocycles. The second kappa shape index (κ2) is 4.37. The first-order chi connectivity index (χ1) is 8.85. The van der Waals surface area contributed by atoms with Gasteiger partial charge in [-0.25, -0.2) is 0 Å². The van der Waals surface area contributed by atoms with Crippen molar-refractivity contribution in [2.24, 2.45) is 0 Å². The zero-order valence-corrected chi connectivity index (χ0v) is 10.9. The average molecular weight is 238 g/mol. The maximum Gasteiger partial charge on any atom is 0.0658 e. The Morgan fingerprint density at radius 2 is 1.72 bits per heavy atom. The molecule has 0 amide bonds. The van der Waals surface area contributed by atoms with E-state index in [1.807, 2.05) is 0 Å². The number of hydrogen-bond acceptors (Lipinski definition) is 2. The quantitative estimate of drug-likeness (QED) is 0.830. The third-order valence-electron chi connectivity index (χ3n) is 3.57. The van der Waals surface area contributed by atoms with Gasteiger partial charge in [-0.3, -0.25) is 0 Å². The molecule has 1 aliphatic rings. The van der Waals surface area contributed by atoms with Gasteiger partial charge in [0.15, 0.2) is 0 Å². The molecule has 0 saturated carbocycles. The predicted octanol–water partition coefficient (Wildman–Crippen LogP) is 4.46. The summed E-state index contributed by atoms with van der Waals surface area (Å²) < 4.78 is 0. The maximum absolute atomic E-state index is 3.58. The molecule has 0 spiro atoms. The normalized spacial score (nSPS) is 12.7. The van der Waals surface area contributed by atoms with Crippen molar-refractivity contribution in [1.82, 2.24) is 0 Å². The Hall–Kier alpha value is -1.96. The molecule has 1 N–H and O–H groups in total. The van der Waals surface area contributed by atoms with Crippen molar-refractivity contribution in [2.45, 2.75) is 20.3 Å². The molecule has 18 heavy (non-hydrogen) atoms. The van der Waals surface area contributed by atoms with Gasteiger partial charge in [-0.05, 0) is 37.1 Å². The first-order valence-corrected chi connectivity index (χ1v) is 6.60. The van der Waals surface area contributed by atoms with Gasteiger partial charge < -0.3 is 10.2 Å². The molecule has 0 aliphatic carbocycles. The van der Waals surface area contributed by atoms with Crippen molar-refractivity contribution in [1.29, 1.82) is 0 Å². The Morgan fingerprint density at radius 1 is 0.944 bits per heavy atom. The van der Waals surface area contributed by atoms with Crippen molar-refractivity contribution < 1.29 is 0 Å². The summed E-state index contributed by atoms with van der Waals surface area (Å²) in [6.07, 6.45) is 1.05. The SMILES string of the molecule is CCc1cccc2c1Nc1ccccc1N2CC. The number of rotatable bonds is 2. The molecule has 0 radical (unpaired) electrons. The Balaban J connectivity index is 2.20. The van der Waals surface area contributed by atoms with Gasteiger partial charge in [0.2, 0.25) is 0 Å². The number of nitrogens with zero attached hydrogens (tertiary/aromatic N) is 1. The molecule has 1 heterocycles. The summed E-state index contributed by atoms with van der Waals surface area (Å²) in [4.78, 5) is 2.38. The third-order valence-corrected chi connectivity index (χ3v) is 3.57. The largest absolute Gasteiger partial charge is 0.352 e. The highest BCUT2D eigenvalue weighted by Gasteiger charge is 2.22. The smallest absolute Gasteiger partial charge is 0.0658 e. The topological polar surface area (TPSA) is 15.3 Å². The van der Waals surface area contributed by atoms with E-state index in [1.165, 1.54) is 28.3 Å². The Morgan fingerprint density at radius 3 is 2.50 bits per heavy atom. The van der Waals surface area contributed by atoms with E-state index in [9.17, 15) is 0 Å². The highest BCUT2D eigenvalue weighted by atomic mass is 15.2. The first kappa shape index (κ1) is 11.1. The number of anilines is 4. The minimum atomic E-state index is 0.985. The molecule has 0 atom stereocenters. The van der Waals surface area contributed by atoms with Gasteiger partial charge in [-0.1, -0.05) is 31.2 Å². The lowest BCUT2D eigenvalue weighted by atomic mass is 10.0. The molecule has 0 saturated heterocycles. The summed E-state index contributed by atoms with van der Waals surface area (Å²) >= 11 is 0. The molecular formula is C16H18N2. The van der Waals surface area contributed by atoms with Gasteiger partial charge in [0.1, 0.15) is 0 Å². The Bertz CT molecular complexity index is 575. The van der Waals surface area contributed by atoms with Crippen LogP contribution in [0.15, 0.2) is 42.5 Å².